The predicted octanol–water partition coefficient (Wildman–Crippen LogP) is 2.34. The Morgan fingerprint density at radius 2 is 2.11 bits per heavy atom. The molecule has 1 atom stereocenters. The molecule has 3 N–H and O–H groups in total. The molecule has 1 aromatic heterocycles. The second-order valence-electron chi connectivity index (χ2n) is 4.37. The average Bonchev–Trinajstić information content (AvgIpc) is 2.42. The number of hydrogen-bond acceptors (Lipinski definition) is 4. The molecule has 0 amide bonds. The first-order valence-corrected chi connectivity index (χ1v) is 6.35. The Balaban J connectivity index is 2.42. The number of hydrogen-bond donors (Lipinski definition) is 2. The van der Waals surface area contributed by atoms with E-state index in [2.05, 4.69) is 16.5 Å². The molecule has 19 heavy (non-hydrogen) atoms. The predicted molar refractivity (Wildman–Crippen MR) is 75.8 cm³/mol. The van der Waals surface area contributed by atoms with E-state index in [1.165, 1.54) is 0 Å². The molecule has 0 spiro atoms. The summed E-state index contributed by atoms with van der Waals surface area (Å²) in [4.78, 5) is 4.22. The summed E-state index contributed by atoms with van der Waals surface area (Å²) in [6.07, 6.45) is 3.64. The third-order valence-corrected chi connectivity index (χ3v) is 2.93. The van der Waals surface area contributed by atoms with Gasteiger partial charge >= 0.3 is 0 Å². The van der Waals surface area contributed by atoms with Crippen LogP contribution in [0.2, 0.25) is 0 Å². The van der Waals surface area contributed by atoms with Gasteiger partial charge in [0.05, 0.1) is 12.6 Å². The van der Waals surface area contributed by atoms with E-state index < -0.39 is 0 Å². The van der Waals surface area contributed by atoms with Gasteiger partial charge in [-0.05, 0) is 31.0 Å². The molecular weight excluding hydrogens is 238 g/mol. The van der Waals surface area contributed by atoms with Gasteiger partial charge in [-0.15, -0.1) is 0 Å². The highest BCUT2D eigenvalue weighted by atomic mass is 16.5. The quantitative estimate of drug-likeness (QED) is 0.637. The smallest absolute Gasteiger partial charge is 0.124 e. The molecule has 0 saturated carbocycles. The molecule has 0 fully saturated rings. The summed E-state index contributed by atoms with van der Waals surface area (Å²) >= 11 is 0. The Morgan fingerprint density at radius 3 is 2.79 bits per heavy atom. The van der Waals surface area contributed by atoms with Gasteiger partial charge < -0.3 is 4.74 Å². The number of pyridine rings is 1. The van der Waals surface area contributed by atoms with Crippen LogP contribution >= 0.6 is 0 Å². The van der Waals surface area contributed by atoms with Crippen molar-refractivity contribution in [3.8, 4) is 5.75 Å². The fourth-order valence-electron chi connectivity index (χ4n) is 2.11. The molecular formula is C15H19N3O. The van der Waals surface area contributed by atoms with Crippen LogP contribution in [0.1, 0.15) is 29.7 Å². The lowest BCUT2D eigenvalue weighted by atomic mass is 9.99. The van der Waals surface area contributed by atoms with E-state index in [1.54, 1.807) is 0 Å². The van der Waals surface area contributed by atoms with Crippen molar-refractivity contribution in [3.05, 3.63) is 59.4 Å². The number of nitrogens with two attached hydrogens (primary N) is 1. The normalized spacial score (nSPS) is 12.2. The summed E-state index contributed by atoms with van der Waals surface area (Å²) in [5, 5.41) is 0. The number of aryl methyl sites for hydroxylation is 1. The van der Waals surface area contributed by atoms with E-state index in [9.17, 15) is 0 Å². The number of nitrogens with one attached hydrogen (secondary N) is 1. The molecule has 4 heteroatoms. The molecule has 4 nitrogen and oxygen atoms in total. The maximum Gasteiger partial charge on any atom is 0.124 e. The van der Waals surface area contributed by atoms with Crippen molar-refractivity contribution in [1.29, 1.82) is 0 Å². The molecule has 0 saturated heterocycles. The molecule has 0 aliphatic rings. The summed E-state index contributed by atoms with van der Waals surface area (Å²) in [5.41, 5.74) is 5.98. The molecule has 0 aliphatic heterocycles. The SMILES string of the molecule is CCOc1ccccc1C(NN)c1cncc(C)c1. The van der Waals surface area contributed by atoms with E-state index in [0.29, 0.717) is 6.61 Å². The maximum atomic E-state index is 5.72. The third kappa shape index (κ3) is 3.10. The summed E-state index contributed by atoms with van der Waals surface area (Å²) in [6.45, 7) is 4.61. The van der Waals surface area contributed by atoms with Crippen LogP contribution in [0.5, 0.6) is 5.75 Å². The van der Waals surface area contributed by atoms with Gasteiger partial charge in [0.25, 0.3) is 0 Å². The lowest BCUT2D eigenvalue weighted by Gasteiger charge is -2.20. The lowest BCUT2D eigenvalue weighted by molar-refractivity contribution is 0.333. The van der Waals surface area contributed by atoms with Gasteiger partial charge in [-0.1, -0.05) is 24.3 Å². The minimum Gasteiger partial charge on any atom is -0.494 e. The van der Waals surface area contributed by atoms with E-state index in [4.69, 9.17) is 10.6 Å². The number of benzene rings is 1. The monoisotopic (exact) mass is 257 g/mol. The first-order chi connectivity index (χ1) is 9.26. The van der Waals surface area contributed by atoms with Crippen LogP contribution in [0.15, 0.2) is 42.7 Å². The molecule has 0 radical (unpaired) electrons. The molecule has 100 valence electrons. The number of ether oxygens (including phenoxy) is 1. The van der Waals surface area contributed by atoms with Gasteiger partial charge in [0.2, 0.25) is 0 Å². The van der Waals surface area contributed by atoms with Gasteiger partial charge in [-0.2, -0.15) is 0 Å². The molecule has 1 aromatic carbocycles. The number of rotatable bonds is 5. The Bertz CT molecular complexity index is 542. The molecule has 1 heterocycles. The van der Waals surface area contributed by atoms with Crippen molar-refractivity contribution in [2.45, 2.75) is 19.9 Å². The summed E-state index contributed by atoms with van der Waals surface area (Å²) in [5.74, 6) is 6.56. The van der Waals surface area contributed by atoms with Gasteiger partial charge in [0.1, 0.15) is 5.75 Å². The minimum atomic E-state index is -0.129. The van der Waals surface area contributed by atoms with E-state index >= 15 is 0 Å². The van der Waals surface area contributed by atoms with Crippen molar-refractivity contribution in [2.75, 3.05) is 6.61 Å². The first kappa shape index (κ1) is 13.5. The molecule has 0 aliphatic carbocycles. The highest BCUT2D eigenvalue weighted by molar-refractivity contribution is 5.41. The molecule has 0 bridgehead atoms. The van der Waals surface area contributed by atoms with Gasteiger partial charge in [-0.3, -0.25) is 10.8 Å². The standard InChI is InChI=1S/C15H19N3O/c1-3-19-14-7-5-4-6-13(14)15(18-16)12-8-11(2)9-17-10-12/h4-10,15,18H,3,16H2,1-2H3. The second kappa shape index (κ2) is 6.31. The Kier molecular flexibility index (Phi) is 4.49. The summed E-state index contributed by atoms with van der Waals surface area (Å²) in [7, 11) is 0. The van der Waals surface area contributed by atoms with Gasteiger partial charge in [0.15, 0.2) is 0 Å². The minimum absolute atomic E-state index is 0.129. The Hall–Kier alpha value is -1.91. The number of hydrazine groups is 1. The van der Waals surface area contributed by atoms with Gasteiger partial charge in [0, 0.05) is 18.0 Å². The van der Waals surface area contributed by atoms with Crippen molar-refractivity contribution in [2.24, 2.45) is 5.84 Å². The van der Waals surface area contributed by atoms with Crippen molar-refractivity contribution < 1.29 is 4.74 Å². The van der Waals surface area contributed by atoms with Crippen LogP contribution in [0.4, 0.5) is 0 Å². The van der Waals surface area contributed by atoms with E-state index in [-0.39, 0.29) is 6.04 Å². The lowest BCUT2D eigenvalue weighted by Crippen LogP contribution is -2.29. The zero-order valence-corrected chi connectivity index (χ0v) is 11.3. The Labute approximate surface area is 113 Å². The van der Waals surface area contributed by atoms with Crippen LogP contribution in [0, 0.1) is 6.92 Å². The third-order valence-electron chi connectivity index (χ3n) is 2.93. The van der Waals surface area contributed by atoms with Crippen LogP contribution in [-0.2, 0) is 0 Å². The number of nitrogens with zero attached hydrogens (tertiary/aromatic N) is 1. The maximum absolute atomic E-state index is 5.72. The largest absolute Gasteiger partial charge is 0.494 e. The van der Waals surface area contributed by atoms with Gasteiger partial charge in [-0.25, -0.2) is 5.43 Å². The van der Waals surface area contributed by atoms with E-state index in [1.807, 2.05) is 50.5 Å². The van der Waals surface area contributed by atoms with Crippen LogP contribution in [-0.4, -0.2) is 11.6 Å². The number of para-hydroxylation sites is 1. The highest BCUT2D eigenvalue weighted by Crippen LogP contribution is 2.29. The average molecular weight is 257 g/mol. The van der Waals surface area contributed by atoms with Crippen LogP contribution < -0.4 is 16.0 Å². The second-order valence-corrected chi connectivity index (χ2v) is 4.37. The van der Waals surface area contributed by atoms with Crippen LogP contribution in [0.25, 0.3) is 0 Å². The summed E-state index contributed by atoms with van der Waals surface area (Å²) in [6, 6.07) is 9.84. The molecule has 1 unspecified atom stereocenters. The zero-order valence-electron chi connectivity index (χ0n) is 11.3. The Morgan fingerprint density at radius 1 is 1.32 bits per heavy atom. The number of aromatic nitrogens is 1. The fourth-order valence-corrected chi connectivity index (χ4v) is 2.11. The fraction of sp³-hybridized carbons (Fsp3) is 0.267. The van der Waals surface area contributed by atoms with E-state index in [0.717, 1.165) is 22.4 Å². The zero-order chi connectivity index (χ0) is 13.7. The highest BCUT2D eigenvalue weighted by Gasteiger charge is 2.17. The van der Waals surface area contributed by atoms with Crippen molar-refractivity contribution in [1.82, 2.24) is 10.4 Å². The van der Waals surface area contributed by atoms with Crippen LogP contribution in [0.3, 0.4) is 0 Å². The van der Waals surface area contributed by atoms with Crippen molar-refractivity contribution >= 4 is 0 Å². The van der Waals surface area contributed by atoms with Crippen molar-refractivity contribution in [3.63, 3.8) is 0 Å². The molecule has 2 aromatic rings. The first-order valence-electron chi connectivity index (χ1n) is 6.35. The topological polar surface area (TPSA) is 60.2 Å². The summed E-state index contributed by atoms with van der Waals surface area (Å²) < 4.78 is 5.66. The molecule has 2 rings (SSSR count).